The number of amides is 1. The van der Waals surface area contributed by atoms with Gasteiger partial charge in [-0.15, -0.1) is 11.3 Å². The minimum Gasteiger partial charge on any atom is -0.336 e. The lowest BCUT2D eigenvalue weighted by Gasteiger charge is -2.33. The van der Waals surface area contributed by atoms with Crippen molar-refractivity contribution >= 4 is 34.7 Å². The quantitative estimate of drug-likeness (QED) is 0.481. The first-order valence-electron chi connectivity index (χ1n) is 9.19. The fraction of sp³-hybridized carbons (Fsp3) is 0.474. The van der Waals surface area contributed by atoms with Crippen molar-refractivity contribution in [2.45, 2.75) is 61.2 Å². The largest absolute Gasteiger partial charge is 0.336 e. The van der Waals surface area contributed by atoms with Gasteiger partial charge >= 0.3 is 0 Å². The Morgan fingerprint density at radius 3 is 2.70 bits per heavy atom. The van der Waals surface area contributed by atoms with E-state index in [4.69, 9.17) is 0 Å². The molecule has 1 aliphatic rings. The second-order valence-corrected chi connectivity index (χ2v) is 8.83. The zero-order valence-electron chi connectivity index (χ0n) is 15.5. The highest BCUT2D eigenvalue weighted by molar-refractivity contribution is 8.01. The van der Waals surface area contributed by atoms with E-state index in [2.05, 4.69) is 4.98 Å². The molecule has 0 N–H and O–H groups in total. The Balaban J connectivity index is 1.85. The highest BCUT2D eigenvalue weighted by Crippen LogP contribution is 2.37. The lowest BCUT2D eigenvalue weighted by Crippen LogP contribution is -2.41. The normalized spacial score (nSPS) is 14.9. The van der Waals surface area contributed by atoms with Gasteiger partial charge in [0.1, 0.15) is 0 Å². The van der Waals surface area contributed by atoms with Crippen LogP contribution in [0.15, 0.2) is 32.8 Å². The van der Waals surface area contributed by atoms with Crippen molar-refractivity contribution < 1.29 is 9.72 Å². The van der Waals surface area contributed by atoms with Gasteiger partial charge in [0, 0.05) is 35.3 Å². The number of aromatic nitrogens is 1. The van der Waals surface area contributed by atoms with Crippen molar-refractivity contribution in [1.82, 2.24) is 9.88 Å². The minimum atomic E-state index is -0.420. The van der Waals surface area contributed by atoms with Crippen LogP contribution >= 0.6 is 23.1 Å². The number of aryl methyl sites for hydroxylation is 1. The monoisotopic (exact) mass is 405 g/mol. The standard InChI is InChI=1S/C19H23N3O3S2/c1-3-21(15-7-5-4-6-8-15)18(23)14-9-10-17(16(11-14)22(24)25)27-19-20-13(2)12-26-19/h9-12,15H,3-8H2,1-2H3. The molecule has 0 radical (unpaired) electrons. The van der Waals surface area contributed by atoms with E-state index >= 15 is 0 Å². The summed E-state index contributed by atoms with van der Waals surface area (Å²) in [6.45, 7) is 4.48. The topological polar surface area (TPSA) is 76.3 Å². The SMILES string of the molecule is CCN(C(=O)c1ccc(Sc2nc(C)cs2)c([N+](=O)[O-])c1)C1CCCCC1. The van der Waals surface area contributed by atoms with Crippen LogP contribution in [0.1, 0.15) is 55.1 Å². The van der Waals surface area contributed by atoms with Gasteiger partial charge in [-0.05, 0) is 38.8 Å². The van der Waals surface area contributed by atoms with Crippen molar-refractivity contribution in [2.75, 3.05) is 6.54 Å². The van der Waals surface area contributed by atoms with E-state index < -0.39 is 4.92 Å². The first kappa shape index (κ1) is 19.8. The number of nitrogens with zero attached hydrogens (tertiary/aromatic N) is 3. The highest BCUT2D eigenvalue weighted by Gasteiger charge is 2.27. The number of carbonyl (C=O) groups is 1. The Labute approximate surface area is 167 Å². The van der Waals surface area contributed by atoms with E-state index in [9.17, 15) is 14.9 Å². The van der Waals surface area contributed by atoms with Crippen molar-refractivity contribution in [3.63, 3.8) is 0 Å². The van der Waals surface area contributed by atoms with Crippen molar-refractivity contribution in [2.24, 2.45) is 0 Å². The number of rotatable bonds is 6. The molecule has 0 aliphatic heterocycles. The molecular weight excluding hydrogens is 382 g/mol. The summed E-state index contributed by atoms with van der Waals surface area (Å²) in [7, 11) is 0. The van der Waals surface area contributed by atoms with Gasteiger partial charge in [-0.1, -0.05) is 31.0 Å². The molecule has 0 saturated heterocycles. The summed E-state index contributed by atoms with van der Waals surface area (Å²) in [6, 6.07) is 5.02. The molecule has 8 heteroatoms. The van der Waals surface area contributed by atoms with E-state index in [1.165, 1.54) is 35.6 Å². The summed E-state index contributed by atoms with van der Waals surface area (Å²) in [6.07, 6.45) is 5.52. The van der Waals surface area contributed by atoms with Gasteiger partial charge in [0.15, 0.2) is 4.34 Å². The van der Waals surface area contributed by atoms with E-state index in [0.717, 1.165) is 35.7 Å². The number of hydrogen-bond acceptors (Lipinski definition) is 6. The summed E-state index contributed by atoms with van der Waals surface area (Å²) in [5.74, 6) is -0.117. The third kappa shape index (κ3) is 4.68. The molecule has 0 unspecified atom stereocenters. The molecule has 144 valence electrons. The lowest BCUT2D eigenvalue weighted by molar-refractivity contribution is -0.387. The lowest BCUT2D eigenvalue weighted by atomic mass is 9.93. The molecule has 2 aromatic rings. The van der Waals surface area contributed by atoms with Crippen LogP contribution in [0.4, 0.5) is 5.69 Å². The Kier molecular flexibility index (Phi) is 6.49. The van der Waals surface area contributed by atoms with Crippen LogP contribution in [0.5, 0.6) is 0 Å². The molecule has 1 aromatic heterocycles. The Morgan fingerprint density at radius 2 is 2.11 bits per heavy atom. The number of hydrogen-bond donors (Lipinski definition) is 0. The van der Waals surface area contributed by atoms with Crippen LogP contribution in [-0.2, 0) is 0 Å². The second kappa shape index (κ2) is 8.84. The molecule has 0 atom stereocenters. The number of thiazole rings is 1. The second-order valence-electron chi connectivity index (χ2n) is 6.68. The van der Waals surface area contributed by atoms with Crippen molar-refractivity contribution in [3.8, 4) is 0 Å². The summed E-state index contributed by atoms with van der Waals surface area (Å²) < 4.78 is 0.757. The third-order valence-electron chi connectivity index (χ3n) is 4.81. The Bertz CT molecular complexity index is 831. The van der Waals surface area contributed by atoms with Crippen LogP contribution in [-0.4, -0.2) is 33.3 Å². The molecule has 1 aromatic carbocycles. The summed E-state index contributed by atoms with van der Waals surface area (Å²) in [4.78, 5) is 30.9. The van der Waals surface area contributed by atoms with Crippen LogP contribution in [0.25, 0.3) is 0 Å². The average molecular weight is 406 g/mol. The Morgan fingerprint density at radius 1 is 1.37 bits per heavy atom. The maximum absolute atomic E-state index is 13.0. The van der Waals surface area contributed by atoms with Crippen molar-refractivity contribution in [1.29, 1.82) is 0 Å². The minimum absolute atomic E-state index is 0.0431. The van der Waals surface area contributed by atoms with Gasteiger partial charge in [0.25, 0.3) is 11.6 Å². The number of nitro groups is 1. The number of nitro benzene ring substituents is 1. The van der Waals surface area contributed by atoms with Gasteiger partial charge in [0.05, 0.1) is 9.82 Å². The zero-order chi connectivity index (χ0) is 19.4. The van der Waals surface area contributed by atoms with Gasteiger partial charge < -0.3 is 4.90 Å². The van der Waals surface area contributed by atoms with E-state index in [1.54, 1.807) is 12.1 Å². The number of benzene rings is 1. The molecule has 0 bridgehead atoms. The van der Waals surface area contributed by atoms with Crippen LogP contribution in [0.3, 0.4) is 0 Å². The van der Waals surface area contributed by atoms with Crippen LogP contribution < -0.4 is 0 Å². The molecule has 1 aliphatic carbocycles. The Hall–Kier alpha value is -1.93. The average Bonchev–Trinajstić information content (AvgIpc) is 3.08. The molecule has 1 heterocycles. The summed E-state index contributed by atoms with van der Waals surface area (Å²) >= 11 is 2.72. The molecule has 6 nitrogen and oxygen atoms in total. The maximum atomic E-state index is 13.0. The predicted octanol–water partition coefficient (Wildman–Crippen LogP) is 5.31. The van der Waals surface area contributed by atoms with Crippen molar-refractivity contribution in [3.05, 3.63) is 45.0 Å². The molecule has 1 fully saturated rings. The predicted molar refractivity (Wildman–Crippen MR) is 108 cm³/mol. The third-order valence-corrected chi connectivity index (χ3v) is 6.94. The first-order valence-corrected chi connectivity index (χ1v) is 10.9. The van der Waals surface area contributed by atoms with E-state index in [1.807, 2.05) is 24.1 Å². The zero-order valence-corrected chi connectivity index (χ0v) is 17.1. The molecule has 0 spiro atoms. The summed E-state index contributed by atoms with van der Waals surface area (Å²) in [5, 5.41) is 13.5. The molecule has 3 rings (SSSR count). The maximum Gasteiger partial charge on any atom is 0.284 e. The first-order chi connectivity index (χ1) is 13.0. The van der Waals surface area contributed by atoms with E-state index in [-0.39, 0.29) is 17.6 Å². The molecule has 1 amide bonds. The number of carbonyl (C=O) groups excluding carboxylic acids is 1. The highest BCUT2D eigenvalue weighted by atomic mass is 32.2. The fourth-order valence-corrected chi connectivity index (χ4v) is 5.36. The smallest absolute Gasteiger partial charge is 0.284 e. The fourth-order valence-electron chi connectivity index (χ4n) is 3.48. The molecule has 1 saturated carbocycles. The van der Waals surface area contributed by atoms with Crippen LogP contribution in [0, 0.1) is 17.0 Å². The van der Waals surface area contributed by atoms with Gasteiger partial charge in [-0.2, -0.15) is 0 Å². The van der Waals surface area contributed by atoms with Gasteiger partial charge in [0.2, 0.25) is 0 Å². The summed E-state index contributed by atoms with van der Waals surface area (Å²) in [5.41, 5.74) is 1.23. The molecule has 27 heavy (non-hydrogen) atoms. The van der Waals surface area contributed by atoms with Gasteiger partial charge in [-0.25, -0.2) is 4.98 Å². The van der Waals surface area contributed by atoms with Crippen LogP contribution in [0.2, 0.25) is 0 Å². The van der Waals surface area contributed by atoms with E-state index in [0.29, 0.717) is 17.0 Å². The van der Waals surface area contributed by atoms with Gasteiger partial charge in [-0.3, -0.25) is 14.9 Å². The molecular formula is C19H23N3O3S2.